The minimum absolute atomic E-state index is 0.0523. The molecule has 0 aliphatic rings. The van der Waals surface area contributed by atoms with E-state index in [0.717, 1.165) is 0 Å². The van der Waals surface area contributed by atoms with E-state index in [1.807, 2.05) is 24.3 Å². The van der Waals surface area contributed by atoms with Crippen molar-refractivity contribution in [3.63, 3.8) is 0 Å². The molecule has 0 bridgehead atoms. The van der Waals surface area contributed by atoms with Gasteiger partial charge in [-0.2, -0.15) is 0 Å². The van der Waals surface area contributed by atoms with Gasteiger partial charge in [-0.1, -0.05) is 12.1 Å². The number of carbonyl (C=O) groups excluding carboxylic acids is 2. The summed E-state index contributed by atoms with van der Waals surface area (Å²) in [5.41, 5.74) is 2.12. The minimum Gasteiger partial charge on any atom is -0.497 e. The maximum atomic E-state index is 12.7. The third kappa shape index (κ3) is 3.80. The first kappa shape index (κ1) is 20.0. The van der Waals surface area contributed by atoms with E-state index >= 15 is 0 Å². The lowest BCUT2D eigenvalue weighted by Gasteiger charge is -2.08. The Morgan fingerprint density at radius 1 is 0.759 bits per heavy atom. The fraction of sp³-hybridized carbons (Fsp3) is 0.182. The van der Waals surface area contributed by atoms with Crippen LogP contribution >= 0.6 is 0 Å². The molecule has 0 radical (unpaired) electrons. The fourth-order valence-corrected chi connectivity index (χ4v) is 3.03. The first-order valence-corrected chi connectivity index (χ1v) is 8.93. The Morgan fingerprint density at radius 2 is 1.24 bits per heavy atom. The molecule has 0 unspecified atom stereocenters. The van der Waals surface area contributed by atoms with Crippen molar-refractivity contribution in [2.45, 2.75) is 0 Å². The molecule has 7 nitrogen and oxygen atoms in total. The minimum atomic E-state index is -0.488. The highest BCUT2D eigenvalue weighted by atomic mass is 16.5. The normalized spacial score (nSPS) is 10.3. The fourth-order valence-electron chi connectivity index (χ4n) is 3.03. The van der Waals surface area contributed by atoms with Crippen LogP contribution in [0.1, 0.15) is 20.9 Å². The molecule has 0 saturated carbocycles. The summed E-state index contributed by atoms with van der Waals surface area (Å²) in [4.78, 5) is 25.2. The van der Waals surface area contributed by atoms with Crippen LogP contribution in [0.3, 0.4) is 0 Å². The lowest BCUT2D eigenvalue weighted by Crippen LogP contribution is -2.24. The van der Waals surface area contributed by atoms with Gasteiger partial charge in [0.15, 0.2) is 0 Å². The van der Waals surface area contributed by atoms with Crippen molar-refractivity contribution in [1.82, 2.24) is 10.6 Å². The van der Waals surface area contributed by atoms with Crippen LogP contribution in [0.5, 0.6) is 11.5 Å². The number of furan rings is 1. The second-order valence-corrected chi connectivity index (χ2v) is 6.13. The maximum absolute atomic E-state index is 12.7. The monoisotopic (exact) mass is 394 g/mol. The van der Waals surface area contributed by atoms with Gasteiger partial charge in [0, 0.05) is 25.2 Å². The maximum Gasteiger partial charge on any atom is 0.287 e. The number of benzene rings is 2. The molecule has 0 fully saturated rings. The topological polar surface area (TPSA) is 89.8 Å². The number of hydrogen-bond acceptors (Lipinski definition) is 5. The van der Waals surface area contributed by atoms with E-state index in [2.05, 4.69) is 10.6 Å². The Bertz CT molecular complexity index is 1020. The standard InChI is InChI=1S/C22H22N2O5/c1-23-21(25)18-17(13-5-9-15(27-3)10-6-13)19(29-20(18)22(26)24-2)14-7-11-16(28-4)12-8-14/h5-12H,1-4H3,(H,23,25)(H,24,26). The molecule has 0 spiro atoms. The summed E-state index contributed by atoms with van der Waals surface area (Å²) < 4.78 is 16.4. The van der Waals surface area contributed by atoms with Crippen molar-refractivity contribution in [1.29, 1.82) is 0 Å². The molecule has 2 aromatic carbocycles. The molecule has 7 heteroatoms. The van der Waals surface area contributed by atoms with Crippen molar-refractivity contribution in [2.75, 3.05) is 28.3 Å². The van der Waals surface area contributed by atoms with Gasteiger partial charge in [0.05, 0.1) is 19.8 Å². The highest BCUT2D eigenvalue weighted by Gasteiger charge is 2.30. The summed E-state index contributed by atoms with van der Waals surface area (Å²) in [7, 11) is 6.15. The molecule has 0 atom stereocenters. The van der Waals surface area contributed by atoms with E-state index in [9.17, 15) is 9.59 Å². The van der Waals surface area contributed by atoms with Crippen LogP contribution in [0, 0.1) is 0 Å². The summed E-state index contributed by atoms with van der Waals surface area (Å²) >= 11 is 0. The van der Waals surface area contributed by atoms with E-state index in [1.165, 1.54) is 14.1 Å². The Labute approximate surface area is 168 Å². The number of amides is 2. The molecule has 1 heterocycles. The largest absolute Gasteiger partial charge is 0.497 e. The van der Waals surface area contributed by atoms with Crippen molar-refractivity contribution in [2.24, 2.45) is 0 Å². The number of rotatable bonds is 6. The zero-order valence-electron chi connectivity index (χ0n) is 16.7. The number of nitrogens with one attached hydrogen (secondary N) is 2. The summed E-state index contributed by atoms with van der Waals surface area (Å²) in [6, 6.07) is 14.4. The van der Waals surface area contributed by atoms with E-state index in [0.29, 0.717) is 33.9 Å². The lowest BCUT2D eigenvalue weighted by molar-refractivity contribution is 0.0909. The molecule has 0 aliphatic heterocycles. The van der Waals surface area contributed by atoms with Crippen LogP contribution in [-0.4, -0.2) is 40.1 Å². The molecular formula is C22H22N2O5. The second-order valence-electron chi connectivity index (χ2n) is 6.13. The third-order valence-electron chi connectivity index (χ3n) is 4.53. The predicted molar refractivity (Wildman–Crippen MR) is 109 cm³/mol. The Kier molecular flexibility index (Phi) is 5.87. The van der Waals surface area contributed by atoms with Gasteiger partial charge >= 0.3 is 0 Å². The molecule has 3 rings (SSSR count). The first-order chi connectivity index (χ1) is 14.0. The molecule has 150 valence electrons. The summed E-state index contributed by atoms with van der Waals surface area (Å²) in [5.74, 6) is 0.815. The quantitative estimate of drug-likeness (QED) is 0.669. The van der Waals surface area contributed by atoms with E-state index < -0.39 is 11.8 Å². The van der Waals surface area contributed by atoms with Gasteiger partial charge in [-0.3, -0.25) is 9.59 Å². The van der Waals surface area contributed by atoms with E-state index in [1.54, 1.807) is 38.5 Å². The van der Waals surface area contributed by atoms with Crippen LogP contribution in [0.2, 0.25) is 0 Å². The molecule has 29 heavy (non-hydrogen) atoms. The summed E-state index contributed by atoms with van der Waals surface area (Å²) in [6.07, 6.45) is 0. The zero-order valence-corrected chi connectivity index (χ0v) is 16.7. The van der Waals surface area contributed by atoms with Gasteiger partial charge in [0.25, 0.3) is 11.8 Å². The van der Waals surface area contributed by atoms with Gasteiger partial charge < -0.3 is 24.5 Å². The van der Waals surface area contributed by atoms with Gasteiger partial charge in [-0.25, -0.2) is 0 Å². The number of carbonyl (C=O) groups is 2. The first-order valence-electron chi connectivity index (χ1n) is 8.93. The number of methoxy groups -OCH3 is 2. The SMILES string of the molecule is CNC(=O)c1oc(-c2ccc(OC)cc2)c(-c2ccc(OC)cc2)c1C(=O)NC. The molecule has 2 amide bonds. The third-order valence-corrected chi connectivity index (χ3v) is 4.53. The second kappa shape index (κ2) is 8.52. The van der Waals surface area contributed by atoms with Gasteiger partial charge in [0.1, 0.15) is 17.3 Å². The average Bonchev–Trinajstić information content (AvgIpc) is 3.18. The molecule has 0 aliphatic carbocycles. The van der Waals surface area contributed by atoms with Crippen LogP contribution in [0.25, 0.3) is 22.5 Å². The molecular weight excluding hydrogens is 372 g/mol. The molecule has 0 saturated heterocycles. The number of ether oxygens (including phenoxy) is 2. The number of hydrogen-bond donors (Lipinski definition) is 2. The van der Waals surface area contributed by atoms with E-state index in [4.69, 9.17) is 13.9 Å². The summed E-state index contributed by atoms with van der Waals surface area (Å²) in [5, 5.41) is 5.12. The van der Waals surface area contributed by atoms with Crippen molar-refractivity contribution in [3.05, 3.63) is 59.9 Å². The van der Waals surface area contributed by atoms with Gasteiger partial charge in [-0.05, 0) is 42.0 Å². The Morgan fingerprint density at radius 3 is 1.69 bits per heavy atom. The average molecular weight is 394 g/mol. The molecule has 1 aromatic heterocycles. The van der Waals surface area contributed by atoms with Gasteiger partial charge in [0.2, 0.25) is 5.76 Å². The van der Waals surface area contributed by atoms with Gasteiger partial charge in [-0.15, -0.1) is 0 Å². The molecule has 3 aromatic rings. The Hall–Kier alpha value is -3.74. The van der Waals surface area contributed by atoms with Crippen molar-refractivity contribution in [3.8, 4) is 33.9 Å². The highest BCUT2D eigenvalue weighted by Crippen LogP contribution is 2.40. The van der Waals surface area contributed by atoms with Crippen LogP contribution in [-0.2, 0) is 0 Å². The smallest absolute Gasteiger partial charge is 0.287 e. The summed E-state index contributed by atoms with van der Waals surface area (Å²) in [6.45, 7) is 0. The van der Waals surface area contributed by atoms with Crippen LogP contribution in [0.15, 0.2) is 52.9 Å². The van der Waals surface area contributed by atoms with E-state index in [-0.39, 0.29) is 11.3 Å². The predicted octanol–water partition coefficient (Wildman–Crippen LogP) is 3.35. The lowest BCUT2D eigenvalue weighted by atomic mass is 9.96. The Balaban J connectivity index is 2.31. The highest BCUT2D eigenvalue weighted by molar-refractivity contribution is 6.12. The van der Waals surface area contributed by atoms with Crippen LogP contribution < -0.4 is 20.1 Å². The molecule has 2 N–H and O–H groups in total. The van der Waals surface area contributed by atoms with Crippen LogP contribution in [0.4, 0.5) is 0 Å². The van der Waals surface area contributed by atoms with Crippen molar-refractivity contribution < 1.29 is 23.5 Å². The van der Waals surface area contributed by atoms with Crippen molar-refractivity contribution >= 4 is 11.8 Å². The zero-order chi connectivity index (χ0) is 21.0.